The number of aliphatic hydroxyl groups excluding tert-OH is 3. The number of hydrogen-bond donors (Lipinski definition) is 3. The average molecular weight is 375 g/mol. The fourth-order valence-corrected chi connectivity index (χ4v) is 4.97. The van der Waals surface area contributed by atoms with Gasteiger partial charge in [0.15, 0.2) is 5.44 Å². The van der Waals surface area contributed by atoms with Gasteiger partial charge in [-0.15, -0.1) is 23.1 Å². The molecule has 1 aliphatic rings. The first-order valence-corrected chi connectivity index (χ1v) is 9.80. The summed E-state index contributed by atoms with van der Waals surface area (Å²) >= 11 is 2.93. The topological polar surface area (TPSA) is 82.8 Å². The van der Waals surface area contributed by atoms with Gasteiger partial charge in [0, 0.05) is 27.8 Å². The molecular weight excluding hydrogens is 358 g/mol. The van der Waals surface area contributed by atoms with E-state index in [1.165, 1.54) is 17.1 Å². The Labute approximate surface area is 152 Å². The Morgan fingerprint density at radius 2 is 1.92 bits per heavy atom. The first-order chi connectivity index (χ1) is 12.1. The second kappa shape index (κ2) is 6.93. The summed E-state index contributed by atoms with van der Waals surface area (Å²) in [4.78, 5) is 5.36. The zero-order chi connectivity index (χ0) is 17.4. The van der Waals surface area contributed by atoms with Crippen LogP contribution in [-0.4, -0.2) is 49.8 Å². The van der Waals surface area contributed by atoms with Crippen molar-refractivity contribution in [3.05, 3.63) is 48.1 Å². The maximum absolute atomic E-state index is 10.1. The van der Waals surface area contributed by atoms with Crippen molar-refractivity contribution in [2.75, 3.05) is 5.75 Å². The molecule has 0 unspecified atom stereocenters. The molecule has 0 saturated carbocycles. The minimum atomic E-state index is -1.20. The third-order valence-corrected chi connectivity index (χ3v) is 6.49. The van der Waals surface area contributed by atoms with Gasteiger partial charge in [-0.25, -0.2) is 0 Å². The highest BCUT2D eigenvalue weighted by atomic mass is 32.2. The summed E-state index contributed by atoms with van der Waals surface area (Å²) in [6.07, 6.45) is 0.0726. The lowest BCUT2D eigenvalue weighted by atomic mass is 10.1. The van der Waals surface area contributed by atoms with E-state index in [1.807, 2.05) is 18.2 Å². The van der Waals surface area contributed by atoms with Gasteiger partial charge in [0.2, 0.25) is 0 Å². The summed E-state index contributed by atoms with van der Waals surface area (Å²) in [5.41, 5.74) is 0.301. The minimum Gasteiger partial charge on any atom is -0.475 e. The largest absolute Gasteiger partial charge is 0.475 e. The van der Waals surface area contributed by atoms with E-state index in [9.17, 15) is 15.3 Å². The van der Waals surface area contributed by atoms with Gasteiger partial charge in [0.1, 0.15) is 18.0 Å². The molecule has 7 heteroatoms. The van der Waals surface area contributed by atoms with Gasteiger partial charge in [0.25, 0.3) is 0 Å². The van der Waals surface area contributed by atoms with Crippen molar-refractivity contribution in [3.63, 3.8) is 0 Å². The molecule has 4 rings (SSSR count). The molecule has 0 spiro atoms. The molecule has 3 heterocycles. The zero-order valence-corrected chi connectivity index (χ0v) is 14.8. The second-order valence-electron chi connectivity index (χ2n) is 5.93. The van der Waals surface area contributed by atoms with E-state index in [1.54, 1.807) is 23.7 Å². The molecule has 1 aromatic carbocycles. The molecule has 0 radical (unpaired) electrons. The molecule has 1 fully saturated rings. The van der Waals surface area contributed by atoms with Crippen LogP contribution in [0, 0.1) is 0 Å². The standard InChI is InChI=1S/C18H17NO4S2/c20-14-9-25-18(16(22)15(14)21)23-12-5-11(6-19-7-12)17-13-4-2-1-3-10(13)8-24-17/h1-8,14-16,18,20-22H,9H2/t14-,15+,16-,18+/m1/s1. The van der Waals surface area contributed by atoms with Gasteiger partial charge < -0.3 is 20.1 Å². The molecule has 2 aromatic heterocycles. The van der Waals surface area contributed by atoms with Crippen molar-refractivity contribution >= 4 is 33.9 Å². The smallest absolute Gasteiger partial charge is 0.173 e. The number of thioether (sulfide) groups is 1. The fraction of sp³-hybridized carbons (Fsp3) is 0.278. The predicted octanol–water partition coefficient (Wildman–Crippen LogP) is 2.50. The Hall–Kier alpha value is -1.64. The SMILES string of the molecule is O[C@@H]1[C@@H](O)[C@@H](Oc2cncc(-c3scc4ccccc34)c2)SC[C@H]1O. The van der Waals surface area contributed by atoms with Crippen LogP contribution < -0.4 is 4.74 Å². The van der Waals surface area contributed by atoms with Crippen LogP contribution in [-0.2, 0) is 0 Å². The summed E-state index contributed by atoms with van der Waals surface area (Å²) in [5, 5.41) is 34.0. The molecule has 0 amide bonds. The number of aromatic nitrogens is 1. The number of aliphatic hydroxyl groups is 3. The van der Waals surface area contributed by atoms with Gasteiger partial charge in [-0.1, -0.05) is 24.3 Å². The molecule has 0 aliphatic carbocycles. The third kappa shape index (κ3) is 3.26. The average Bonchev–Trinajstić information content (AvgIpc) is 3.07. The molecular formula is C18H17NO4S2. The van der Waals surface area contributed by atoms with E-state index >= 15 is 0 Å². The van der Waals surface area contributed by atoms with E-state index in [0.717, 1.165) is 15.8 Å². The Morgan fingerprint density at radius 1 is 1.08 bits per heavy atom. The number of thiophene rings is 1. The Morgan fingerprint density at radius 3 is 2.80 bits per heavy atom. The van der Waals surface area contributed by atoms with Crippen molar-refractivity contribution in [3.8, 4) is 16.2 Å². The van der Waals surface area contributed by atoms with Crippen LogP contribution in [0.3, 0.4) is 0 Å². The molecule has 1 saturated heterocycles. The summed E-state index contributed by atoms with van der Waals surface area (Å²) < 4.78 is 5.82. The monoisotopic (exact) mass is 375 g/mol. The van der Waals surface area contributed by atoms with Gasteiger partial charge in [-0.05, 0) is 16.8 Å². The van der Waals surface area contributed by atoms with Crippen molar-refractivity contribution < 1.29 is 20.1 Å². The Balaban J connectivity index is 1.60. The fourth-order valence-electron chi connectivity index (χ4n) is 2.84. The number of hydrogen-bond acceptors (Lipinski definition) is 7. The Bertz CT molecular complexity index is 884. The number of fused-ring (bicyclic) bond motifs is 1. The molecule has 1 aliphatic heterocycles. The molecule has 25 heavy (non-hydrogen) atoms. The van der Waals surface area contributed by atoms with E-state index in [2.05, 4.69) is 22.5 Å². The van der Waals surface area contributed by atoms with Crippen LogP contribution in [0.4, 0.5) is 0 Å². The van der Waals surface area contributed by atoms with Gasteiger partial charge in [-0.3, -0.25) is 4.98 Å². The van der Waals surface area contributed by atoms with Gasteiger partial charge in [0.05, 0.1) is 12.3 Å². The molecule has 0 bridgehead atoms. The van der Waals surface area contributed by atoms with Crippen molar-refractivity contribution in [1.29, 1.82) is 0 Å². The molecule has 4 atom stereocenters. The van der Waals surface area contributed by atoms with Crippen LogP contribution in [0.15, 0.2) is 48.1 Å². The summed E-state index contributed by atoms with van der Waals surface area (Å²) in [6, 6.07) is 10.1. The highest BCUT2D eigenvalue weighted by Gasteiger charge is 2.38. The van der Waals surface area contributed by atoms with Crippen LogP contribution in [0.1, 0.15) is 0 Å². The lowest BCUT2D eigenvalue weighted by molar-refractivity contribution is -0.0786. The minimum absolute atomic E-state index is 0.311. The number of benzene rings is 1. The van der Waals surface area contributed by atoms with E-state index in [4.69, 9.17) is 4.74 Å². The summed E-state index contributed by atoms with van der Waals surface area (Å²) in [6.45, 7) is 0. The number of ether oxygens (including phenoxy) is 1. The van der Waals surface area contributed by atoms with Crippen LogP contribution in [0.5, 0.6) is 5.75 Å². The summed E-state index contributed by atoms with van der Waals surface area (Å²) in [5.74, 6) is 0.834. The van der Waals surface area contributed by atoms with E-state index in [-0.39, 0.29) is 0 Å². The van der Waals surface area contributed by atoms with Crippen molar-refractivity contribution in [2.24, 2.45) is 0 Å². The van der Waals surface area contributed by atoms with Gasteiger partial charge in [-0.2, -0.15) is 0 Å². The van der Waals surface area contributed by atoms with Crippen molar-refractivity contribution in [1.82, 2.24) is 4.98 Å². The number of rotatable bonds is 3. The second-order valence-corrected chi connectivity index (χ2v) is 7.94. The first kappa shape index (κ1) is 16.8. The number of nitrogens with zero attached hydrogens (tertiary/aromatic N) is 1. The summed E-state index contributed by atoms with van der Waals surface area (Å²) in [7, 11) is 0. The molecule has 130 valence electrons. The van der Waals surface area contributed by atoms with E-state index < -0.39 is 23.7 Å². The lowest BCUT2D eigenvalue weighted by Crippen LogP contribution is -2.50. The third-order valence-electron chi connectivity index (χ3n) is 4.19. The molecule has 3 aromatic rings. The highest BCUT2D eigenvalue weighted by Crippen LogP contribution is 2.36. The van der Waals surface area contributed by atoms with Crippen molar-refractivity contribution in [2.45, 2.75) is 23.7 Å². The highest BCUT2D eigenvalue weighted by molar-refractivity contribution is 7.99. The van der Waals surface area contributed by atoms with Gasteiger partial charge >= 0.3 is 0 Å². The Kier molecular flexibility index (Phi) is 4.66. The maximum Gasteiger partial charge on any atom is 0.173 e. The molecule has 3 N–H and O–H groups in total. The number of pyridine rings is 1. The van der Waals surface area contributed by atoms with Crippen LogP contribution >= 0.6 is 23.1 Å². The van der Waals surface area contributed by atoms with Crippen LogP contribution in [0.25, 0.3) is 21.2 Å². The first-order valence-electron chi connectivity index (χ1n) is 7.87. The van der Waals surface area contributed by atoms with Crippen LogP contribution in [0.2, 0.25) is 0 Å². The molecule has 5 nitrogen and oxygen atoms in total. The van der Waals surface area contributed by atoms with E-state index in [0.29, 0.717) is 11.5 Å². The normalized spacial score (nSPS) is 26.7. The lowest BCUT2D eigenvalue weighted by Gasteiger charge is -2.34. The zero-order valence-electron chi connectivity index (χ0n) is 13.1. The predicted molar refractivity (Wildman–Crippen MR) is 100.0 cm³/mol. The maximum atomic E-state index is 10.1. The quantitative estimate of drug-likeness (QED) is 0.652.